The molecule has 3 aromatic rings. The van der Waals surface area contributed by atoms with E-state index in [1.807, 2.05) is 43.0 Å². The monoisotopic (exact) mass is 672 g/mol. The second-order valence-electron chi connectivity index (χ2n) is 13.5. The van der Waals surface area contributed by atoms with E-state index in [2.05, 4.69) is 41.1 Å². The molecule has 262 valence electrons. The lowest BCUT2D eigenvalue weighted by Crippen LogP contribution is -2.51. The van der Waals surface area contributed by atoms with Crippen LogP contribution in [0.1, 0.15) is 54.4 Å². The van der Waals surface area contributed by atoms with Crippen LogP contribution in [0.4, 0.5) is 5.69 Å². The second kappa shape index (κ2) is 16.0. The van der Waals surface area contributed by atoms with Crippen molar-refractivity contribution in [1.29, 1.82) is 0 Å². The van der Waals surface area contributed by atoms with Crippen LogP contribution in [0.25, 0.3) is 17.1 Å². The summed E-state index contributed by atoms with van der Waals surface area (Å²) in [5.74, 6) is 0.229. The minimum Gasteiger partial charge on any atom is -0.507 e. The number of hydrogen-bond acceptors (Lipinski definition) is 11. The van der Waals surface area contributed by atoms with Gasteiger partial charge in [0.15, 0.2) is 5.82 Å². The zero-order valence-electron chi connectivity index (χ0n) is 28.5. The lowest BCUT2D eigenvalue weighted by atomic mass is 9.96. The van der Waals surface area contributed by atoms with Gasteiger partial charge in [0, 0.05) is 89.7 Å². The fourth-order valence-corrected chi connectivity index (χ4v) is 6.97. The van der Waals surface area contributed by atoms with E-state index in [0.717, 1.165) is 96.9 Å². The van der Waals surface area contributed by atoms with Crippen molar-refractivity contribution in [3.63, 3.8) is 0 Å². The number of nitrogens with zero attached hydrogens (tertiary/aromatic N) is 7. The van der Waals surface area contributed by atoms with Crippen molar-refractivity contribution in [3.05, 3.63) is 58.3 Å². The Morgan fingerprint density at radius 1 is 0.939 bits per heavy atom. The number of nitroso groups, excluding NO2 is 1. The van der Waals surface area contributed by atoms with Gasteiger partial charge in [-0.3, -0.25) is 24.0 Å². The summed E-state index contributed by atoms with van der Waals surface area (Å²) in [6.07, 6.45) is 1.83. The zero-order chi connectivity index (χ0) is 34.3. The number of nitrogens with one attached hydrogen (secondary N) is 3. The number of benzene rings is 2. The highest BCUT2D eigenvalue weighted by Gasteiger charge is 2.29. The first-order valence-electron chi connectivity index (χ1n) is 17.5. The number of rotatable bonds is 11. The summed E-state index contributed by atoms with van der Waals surface area (Å²) in [5, 5.41) is 32.5. The quantitative estimate of drug-likeness (QED) is 0.223. The lowest BCUT2D eigenvalue weighted by Gasteiger charge is -2.37. The van der Waals surface area contributed by atoms with Crippen molar-refractivity contribution in [2.45, 2.75) is 39.2 Å². The van der Waals surface area contributed by atoms with Gasteiger partial charge in [0.2, 0.25) is 11.7 Å². The Balaban J connectivity index is 1.20. The van der Waals surface area contributed by atoms with Crippen LogP contribution in [-0.2, 0) is 11.3 Å². The minimum atomic E-state index is -0.371. The van der Waals surface area contributed by atoms with E-state index >= 15 is 0 Å². The van der Waals surface area contributed by atoms with Gasteiger partial charge in [0.05, 0.1) is 5.56 Å². The Bertz CT molecular complexity index is 1600. The summed E-state index contributed by atoms with van der Waals surface area (Å²) in [6.45, 7) is 14.4. The molecule has 2 aromatic carbocycles. The number of aromatic nitrogens is 3. The van der Waals surface area contributed by atoms with Gasteiger partial charge in [-0.15, -0.1) is 15.1 Å². The van der Waals surface area contributed by atoms with Gasteiger partial charge in [-0.1, -0.05) is 26.0 Å². The maximum atomic E-state index is 13.6. The molecule has 0 bridgehead atoms. The molecule has 0 unspecified atom stereocenters. The molecule has 0 radical (unpaired) electrons. The average molecular weight is 673 g/mol. The van der Waals surface area contributed by atoms with Crippen LogP contribution in [0.5, 0.6) is 5.75 Å². The van der Waals surface area contributed by atoms with Gasteiger partial charge in [0.25, 0.3) is 5.91 Å². The molecule has 0 saturated carbocycles. The number of aromatic hydroxyl groups is 1. The number of piperidine rings is 1. The Labute approximate surface area is 287 Å². The largest absolute Gasteiger partial charge is 0.507 e. The molecular formula is C35H48N10O4. The molecule has 3 fully saturated rings. The maximum absolute atomic E-state index is 13.6. The van der Waals surface area contributed by atoms with Gasteiger partial charge in [0.1, 0.15) is 11.4 Å². The number of carbonyl (C=O) groups is 2. The van der Waals surface area contributed by atoms with E-state index in [1.54, 1.807) is 10.6 Å². The summed E-state index contributed by atoms with van der Waals surface area (Å²) in [4.78, 5) is 44.8. The molecule has 3 aliphatic heterocycles. The highest BCUT2D eigenvalue weighted by atomic mass is 16.3. The molecule has 14 nitrogen and oxygen atoms in total. The molecule has 3 saturated heterocycles. The number of carbonyl (C=O) groups excluding carboxylic acids is 2. The van der Waals surface area contributed by atoms with Crippen LogP contribution < -0.4 is 16.0 Å². The zero-order valence-corrected chi connectivity index (χ0v) is 28.5. The Kier molecular flexibility index (Phi) is 11.3. The smallest absolute Gasteiger partial charge is 0.289 e. The highest BCUT2D eigenvalue weighted by molar-refractivity contribution is 5.92. The predicted molar refractivity (Wildman–Crippen MR) is 187 cm³/mol. The van der Waals surface area contributed by atoms with Crippen LogP contribution in [0.3, 0.4) is 0 Å². The van der Waals surface area contributed by atoms with E-state index in [1.165, 1.54) is 6.07 Å². The Morgan fingerprint density at radius 2 is 1.63 bits per heavy atom. The van der Waals surface area contributed by atoms with Crippen molar-refractivity contribution in [2.75, 3.05) is 78.5 Å². The van der Waals surface area contributed by atoms with Crippen molar-refractivity contribution in [3.8, 4) is 22.8 Å². The molecule has 0 aliphatic carbocycles. The highest BCUT2D eigenvalue weighted by Crippen LogP contribution is 2.39. The fraction of sp³-hybridized carbons (Fsp3) is 0.543. The first kappa shape index (κ1) is 34.6. The van der Waals surface area contributed by atoms with E-state index in [0.29, 0.717) is 29.3 Å². The topological polar surface area (TPSA) is 160 Å². The van der Waals surface area contributed by atoms with Crippen LogP contribution in [0.2, 0.25) is 0 Å². The molecule has 14 heteroatoms. The van der Waals surface area contributed by atoms with E-state index in [-0.39, 0.29) is 40.8 Å². The van der Waals surface area contributed by atoms with Crippen LogP contribution in [0.15, 0.2) is 41.6 Å². The van der Waals surface area contributed by atoms with E-state index in [4.69, 9.17) is 0 Å². The molecule has 0 spiro atoms. The Morgan fingerprint density at radius 3 is 2.31 bits per heavy atom. The third kappa shape index (κ3) is 8.15. The van der Waals surface area contributed by atoms with Crippen molar-refractivity contribution in [2.24, 2.45) is 11.1 Å². The molecule has 4 heterocycles. The van der Waals surface area contributed by atoms with E-state index in [9.17, 15) is 19.6 Å². The first-order valence-corrected chi connectivity index (χ1v) is 17.5. The molecule has 2 amide bonds. The number of phenolic OH excluding ortho intramolecular Hbond substituents is 1. The first-order chi connectivity index (χ1) is 23.8. The molecule has 4 N–H and O–H groups in total. The maximum Gasteiger partial charge on any atom is 0.289 e. The average Bonchev–Trinajstić information content (AvgIpc) is 3.57. The van der Waals surface area contributed by atoms with Gasteiger partial charge >= 0.3 is 0 Å². The number of amides is 2. The molecule has 3 aliphatic rings. The van der Waals surface area contributed by atoms with E-state index < -0.39 is 0 Å². The van der Waals surface area contributed by atoms with Crippen LogP contribution in [0, 0.1) is 10.8 Å². The van der Waals surface area contributed by atoms with Crippen molar-refractivity contribution < 1.29 is 14.7 Å². The second-order valence-corrected chi connectivity index (χ2v) is 13.5. The molecule has 1 aromatic heterocycles. The SMILES string of the molecule is CC(C)c1cc(-c2nnc(C(=O)NCCN3CCNCC3)n2-c2ccc(CN3CCN(C(=O)C4CCNCC4)CC3)cc2)c(O)cc1N=O. The molecule has 6 rings (SSSR count). The fourth-order valence-electron chi connectivity index (χ4n) is 6.97. The summed E-state index contributed by atoms with van der Waals surface area (Å²) in [6, 6.07) is 10.9. The van der Waals surface area contributed by atoms with Crippen LogP contribution >= 0.6 is 0 Å². The lowest BCUT2D eigenvalue weighted by molar-refractivity contribution is -0.138. The number of phenols is 1. The molecule has 49 heavy (non-hydrogen) atoms. The third-order valence-electron chi connectivity index (χ3n) is 9.87. The summed E-state index contributed by atoms with van der Waals surface area (Å²) >= 11 is 0. The molecule has 0 atom stereocenters. The van der Waals surface area contributed by atoms with Gasteiger partial charge in [-0.05, 0) is 66.4 Å². The number of hydrogen-bond donors (Lipinski definition) is 4. The summed E-state index contributed by atoms with van der Waals surface area (Å²) in [5.41, 5.74) is 2.94. The van der Waals surface area contributed by atoms with Crippen molar-refractivity contribution >= 4 is 17.5 Å². The minimum absolute atomic E-state index is 0.0417. The van der Waals surface area contributed by atoms with Crippen LogP contribution in [-0.4, -0.2) is 125 Å². The van der Waals surface area contributed by atoms with Gasteiger partial charge in [-0.2, -0.15) is 0 Å². The normalized spacial score (nSPS) is 18.1. The third-order valence-corrected chi connectivity index (χ3v) is 9.87. The predicted octanol–water partition coefficient (Wildman–Crippen LogP) is 2.44. The van der Waals surface area contributed by atoms with Crippen molar-refractivity contribution in [1.82, 2.24) is 45.4 Å². The summed E-state index contributed by atoms with van der Waals surface area (Å²) in [7, 11) is 0. The Hall–Kier alpha value is -4.24. The molecular weight excluding hydrogens is 624 g/mol. The van der Waals surface area contributed by atoms with Gasteiger partial charge < -0.3 is 26.0 Å². The van der Waals surface area contributed by atoms with Gasteiger partial charge in [-0.25, -0.2) is 0 Å². The standard InChI is InChI=1S/C35H48N10O4/c1-24(2)28-21-29(31(46)22-30(28)41-49)32-39-40-33(34(47)38-13-16-42-14-11-37-12-15-42)45(32)27-5-3-25(4-6-27)23-43-17-19-44(20-18-43)35(48)26-7-9-36-10-8-26/h3-6,21-22,24,26,36-37,46H,7-20,23H2,1-2H3,(H,38,47). The number of piperazine rings is 2. The summed E-state index contributed by atoms with van der Waals surface area (Å²) < 4.78 is 1.66.